The summed E-state index contributed by atoms with van der Waals surface area (Å²) in [7, 11) is 1.25. The number of ether oxygens (including phenoxy) is 2. The third-order valence-corrected chi connectivity index (χ3v) is 5.43. The van der Waals surface area contributed by atoms with Crippen LogP contribution in [0.25, 0.3) is 11.2 Å². The molecule has 7 N–H and O–H groups in total. The lowest BCUT2D eigenvalue weighted by atomic mass is 9.94. The zero-order valence-electron chi connectivity index (χ0n) is 17.9. The molecule has 1 aromatic carbocycles. The Morgan fingerprint density at radius 1 is 1.21 bits per heavy atom. The zero-order chi connectivity index (χ0) is 25.0. The molecule has 3 atom stereocenters. The Morgan fingerprint density at radius 3 is 2.44 bits per heavy atom. The Labute approximate surface area is 197 Å². The van der Waals surface area contributed by atoms with E-state index in [0.717, 1.165) is 0 Å². The fraction of sp³-hybridized carbons (Fsp3) is 0.350. The second kappa shape index (κ2) is 10.3. The average Bonchev–Trinajstić information content (AvgIpc) is 3.22. The molecule has 2 aromatic heterocycles. The Balaban J connectivity index is 1.84. The number of imidazole rings is 1. The fourth-order valence-corrected chi connectivity index (χ4v) is 3.51. The number of fused-ring (bicyclic) bond motifs is 1. The molecule has 3 rings (SSSR count). The highest BCUT2D eigenvalue weighted by molar-refractivity contribution is 6.28. The van der Waals surface area contributed by atoms with E-state index in [0.29, 0.717) is 5.56 Å². The first-order valence-corrected chi connectivity index (χ1v) is 10.2. The van der Waals surface area contributed by atoms with Crippen molar-refractivity contribution in [1.82, 2.24) is 19.5 Å². The van der Waals surface area contributed by atoms with Crippen LogP contribution in [0.2, 0.25) is 5.28 Å². The van der Waals surface area contributed by atoms with Crippen LogP contribution in [0.15, 0.2) is 36.7 Å². The molecule has 0 bridgehead atoms. The summed E-state index contributed by atoms with van der Waals surface area (Å²) in [5, 5.41) is 30.1. The number of aliphatic hydroxyl groups excluding tert-OH is 1. The van der Waals surface area contributed by atoms with E-state index in [1.165, 1.54) is 18.0 Å². The van der Waals surface area contributed by atoms with Gasteiger partial charge in [0.2, 0.25) is 5.28 Å². The Hall–Kier alpha value is -3.36. The van der Waals surface area contributed by atoms with Crippen molar-refractivity contribution in [3.63, 3.8) is 0 Å². The predicted molar refractivity (Wildman–Crippen MR) is 119 cm³/mol. The molecule has 13 nitrogen and oxygen atoms in total. The van der Waals surface area contributed by atoms with Gasteiger partial charge < -0.3 is 36.3 Å². The molecule has 0 spiro atoms. The Kier molecular flexibility index (Phi) is 7.64. The lowest BCUT2D eigenvalue weighted by Gasteiger charge is -2.31. The molecule has 0 unspecified atom stereocenters. The highest BCUT2D eigenvalue weighted by Crippen LogP contribution is 2.25. The number of hydrogen-bond acceptors (Lipinski definition) is 10. The van der Waals surface area contributed by atoms with Gasteiger partial charge in [0.25, 0.3) is 5.60 Å². The maximum absolute atomic E-state index is 12.0. The second-order valence-corrected chi connectivity index (χ2v) is 7.72. The van der Waals surface area contributed by atoms with Gasteiger partial charge in [0.05, 0.1) is 25.1 Å². The van der Waals surface area contributed by atoms with E-state index in [2.05, 4.69) is 15.0 Å². The van der Waals surface area contributed by atoms with Crippen LogP contribution < -0.4 is 11.5 Å². The lowest BCUT2D eigenvalue weighted by Crippen LogP contribution is -2.54. The number of carbonyl (C=O) groups is 2. The van der Waals surface area contributed by atoms with Crippen LogP contribution in [-0.4, -0.2) is 78.2 Å². The van der Waals surface area contributed by atoms with E-state index in [9.17, 15) is 24.9 Å². The second-order valence-electron chi connectivity index (χ2n) is 7.38. The summed E-state index contributed by atoms with van der Waals surface area (Å²) in [5.74, 6) is -3.40. The number of nitrogens with two attached hydrogens (primary N) is 2. The zero-order valence-corrected chi connectivity index (χ0v) is 18.7. The first kappa shape index (κ1) is 25.3. The topological polar surface area (TPSA) is 209 Å². The van der Waals surface area contributed by atoms with Crippen LogP contribution in [0.1, 0.15) is 11.8 Å². The molecule has 0 saturated carbocycles. The van der Waals surface area contributed by atoms with Gasteiger partial charge in [-0.2, -0.15) is 9.97 Å². The van der Waals surface area contributed by atoms with Crippen molar-refractivity contribution in [3.8, 4) is 0 Å². The van der Waals surface area contributed by atoms with Crippen molar-refractivity contribution in [3.05, 3.63) is 47.5 Å². The molecule has 0 fully saturated rings. The maximum atomic E-state index is 12.0. The van der Waals surface area contributed by atoms with Crippen LogP contribution in [-0.2, 0) is 25.5 Å². The molecule has 0 aliphatic carbocycles. The third kappa shape index (κ3) is 4.93. The fourth-order valence-electron chi connectivity index (χ4n) is 3.34. The minimum absolute atomic E-state index is 0.00485. The first-order chi connectivity index (χ1) is 16.1. The van der Waals surface area contributed by atoms with Gasteiger partial charge in [0.15, 0.2) is 17.7 Å². The van der Waals surface area contributed by atoms with Gasteiger partial charge in [-0.1, -0.05) is 30.3 Å². The van der Waals surface area contributed by atoms with Crippen LogP contribution in [0.5, 0.6) is 0 Å². The van der Waals surface area contributed by atoms with Crippen molar-refractivity contribution >= 4 is 40.5 Å². The number of methoxy groups -OCH3 is 1. The predicted octanol–water partition coefficient (Wildman–Crippen LogP) is 0.0624. The van der Waals surface area contributed by atoms with Gasteiger partial charge in [0.1, 0.15) is 5.52 Å². The Bertz CT molecular complexity index is 1160. The number of aliphatic carboxylic acids is 2. The minimum atomic E-state index is -2.61. The van der Waals surface area contributed by atoms with Crippen LogP contribution in [0.3, 0.4) is 0 Å². The quantitative estimate of drug-likeness (QED) is 0.177. The van der Waals surface area contributed by atoms with E-state index in [4.69, 9.17) is 32.5 Å². The average molecular weight is 495 g/mol. The molecule has 34 heavy (non-hydrogen) atoms. The van der Waals surface area contributed by atoms with Crippen LogP contribution in [0.4, 0.5) is 5.82 Å². The first-order valence-electron chi connectivity index (χ1n) is 9.87. The van der Waals surface area contributed by atoms with Crippen molar-refractivity contribution in [2.75, 3.05) is 19.5 Å². The van der Waals surface area contributed by atoms with E-state index >= 15 is 0 Å². The van der Waals surface area contributed by atoms with Gasteiger partial charge in [-0.05, 0) is 17.2 Å². The van der Waals surface area contributed by atoms with E-state index in [1.807, 2.05) is 0 Å². The lowest BCUT2D eigenvalue weighted by molar-refractivity contribution is -0.188. The standard InChI is InChI=1S/C20H23ClN6O7/c1-33-11(8-34-20(17(29)30,18(31)32)7-10-5-3-2-4-6-10)12(22)16(28)27-9-24-13-14(23)25-19(21)26-15(13)27/h2-6,9,11-12,16,28H,7-8,22H2,1H3,(H,29,30)(H,31,32)(H2,23,25,26)/t11-,12+,16-/m1/s1. The van der Waals surface area contributed by atoms with E-state index in [1.54, 1.807) is 30.3 Å². The number of benzene rings is 1. The molecular weight excluding hydrogens is 472 g/mol. The van der Waals surface area contributed by atoms with Gasteiger partial charge in [-0.3, -0.25) is 4.57 Å². The van der Waals surface area contributed by atoms with Gasteiger partial charge in [-0.25, -0.2) is 14.6 Å². The molecule has 2 heterocycles. The monoisotopic (exact) mass is 494 g/mol. The molecular formula is C20H23ClN6O7. The number of anilines is 1. The highest BCUT2D eigenvalue weighted by atomic mass is 35.5. The SMILES string of the molecule is CO[C@H](COC(Cc1ccccc1)(C(=O)O)C(=O)O)[C@H](N)[C@@H](O)n1cnc2c(N)nc(Cl)nc21. The minimum Gasteiger partial charge on any atom is -0.479 e. The summed E-state index contributed by atoms with van der Waals surface area (Å²) in [6, 6.07) is 6.93. The number of halogens is 1. The number of carboxylic acid groups (broad SMARTS) is 2. The molecule has 0 aliphatic rings. The van der Waals surface area contributed by atoms with Gasteiger partial charge in [-0.15, -0.1) is 0 Å². The number of nitrogen functional groups attached to an aromatic ring is 1. The summed E-state index contributed by atoms with van der Waals surface area (Å²) in [6.07, 6.45) is -1.86. The molecule has 14 heteroatoms. The van der Waals surface area contributed by atoms with Gasteiger partial charge in [0, 0.05) is 13.5 Å². The van der Waals surface area contributed by atoms with Crippen molar-refractivity contribution in [2.45, 2.75) is 30.4 Å². The summed E-state index contributed by atoms with van der Waals surface area (Å²) >= 11 is 5.84. The summed E-state index contributed by atoms with van der Waals surface area (Å²) in [6.45, 7) is -0.565. The molecule has 182 valence electrons. The van der Waals surface area contributed by atoms with Crippen LogP contribution >= 0.6 is 11.6 Å². The number of aliphatic hydroxyl groups is 1. The molecule has 0 aliphatic heterocycles. The Morgan fingerprint density at radius 2 is 1.85 bits per heavy atom. The number of carboxylic acids is 2. The van der Waals surface area contributed by atoms with Crippen molar-refractivity contribution < 1.29 is 34.4 Å². The molecule has 3 aromatic rings. The number of nitrogens with zero attached hydrogens (tertiary/aromatic N) is 4. The summed E-state index contributed by atoms with van der Waals surface area (Å²) in [4.78, 5) is 35.8. The van der Waals surface area contributed by atoms with Crippen molar-refractivity contribution in [1.29, 1.82) is 0 Å². The smallest absolute Gasteiger partial charge is 0.348 e. The maximum Gasteiger partial charge on any atom is 0.348 e. The normalized spacial score (nSPS) is 14.6. The summed E-state index contributed by atoms with van der Waals surface area (Å²) < 4.78 is 11.9. The molecule has 0 radical (unpaired) electrons. The summed E-state index contributed by atoms with van der Waals surface area (Å²) in [5.41, 5.74) is 10.0. The van der Waals surface area contributed by atoms with E-state index < -0.39 is 48.9 Å². The van der Waals surface area contributed by atoms with Crippen LogP contribution in [0, 0.1) is 0 Å². The molecule has 0 saturated heterocycles. The van der Waals surface area contributed by atoms with Crippen molar-refractivity contribution in [2.24, 2.45) is 5.73 Å². The van der Waals surface area contributed by atoms with Gasteiger partial charge >= 0.3 is 11.9 Å². The number of aromatic nitrogens is 4. The van der Waals surface area contributed by atoms with E-state index in [-0.39, 0.29) is 22.3 Å². The third-order valence-electron chi connectivity index (χ3n) is 5.26. The largest absolute Gasteiger partial charge is 0.479 e. The highest BCUT2D eigenvalue weighted by Gasteiger charge is 2.49. The number of hydrogen-bond donors (Lipinski definition) is 5. The molecule has 0 amide bonds. The number of rotatable bonds is 11.